The van der Waals surface area contributed by atoms with Crippen LogP contribution in [0.25, 0.3) is 0 Å². The quantitative estimate of drug-likeness (QED) is 0.486. The summed E-state index contributed by atoms with van der Waals surface area (Å²) in [5.41, 5.74) is 0. The number of aromatic nitrogens is 1. The van der Waals surface area contributed by atoms with E-state index in [4.69, 9.17) is 4.74 Å². The number of hydrogen-bond acceptors (Lipinski definition) is 6. The lowest BCUT2D eigenvalue weighted by Gasteiger charge is -2.22. The number of ether oxygens (including phenoxy) is 1. The summed E-state index contributed by atoms with van der Waals surface area (Å²) < 4.78 is 4.83. The van der Waals surface area contributed by atoms with Crippen molar-refractivity contribution in [3.05, 3.63) is 11.6 Å². The average Bonchev–Trinajstić information content (AvgIpc) is 3.05. The van der Waals surface area contributed by atoms with Gasteiger partial charge in [-0.1, -0.05) is 19.8 Å². The summed E-state index contributed by atoms with van der Waals surface area (Å²) >= 11 is 1.32. The Labute approximate surface area is 146 Å². The van der Waals surface area contributed by atoms with Crippen molar-refractivity contribution < 1.29 is 19.1 Å². The van der Waals surface area contributed by atoms with Gasteiger partial charge in [-0.3, -0.25) is 14.4 Å². The van der Waals surface area contributed by atoms with Gasteiger partial charge < -0.3 is 15.0 Å². The molecule has 1 aromatic rings. The van der Waals surface area contributed by atoms with E-state index in [-0.39, 0.29) is 31.2 Å². The Bertz CT molecular complexity index is 519. The maximum Gasteiger partial charge on any atom is 0.306 e. The number of hydrogen-bond donors (Lipinski definition) is 1. The summed E-state index contributed by atoms with van der Waals surface area (Å²) in [6.07, 6.45) is 4.52. The maximum absolute atomic E-state index is 12.3. The topological polar surface area (TPSA) is 88.6 Å². The van der Waals surface area contributed by atoms with Gasteiger partial charge in [-0.05, 0) is 13.3 Å². The van der Waals surface area contributed by atoms with E-state index in [1.807, 2.05) is 0 Å². The molecule has 0 saturated heterocycles. The van der Waals surface area contributed by atoms with E-state index in [1.54, 1.807) is 18.5 Å². The van der Waals surface area contributed by atoms with Crippen molar-refractivity contribution in [2.75, 3.05) is 25.0 Å². The zero-order valence-corrected chi connectivity index (χ0v) is 15.1. The van der Waals surface area contributed by atoms with Gasteiger partial charge in [-0.15, -0.1) is 11.3 Å². The van der Waals surface area contributed by atoms with E-state index < -0.39 is 5.97 Å². The number of carbonyl (C=O) groups is 3. The number of unbranched alkanes of at least 4 members (excludes halogenated alkanes) is 2. The Hall–Kier alpha value is -1.96. The summed E-state index contributed by atoms with van der Waals surface area (Å²) in [6.45, 7) is 4.55. The van der Waals surface area contributed by atoms with Gasteiger partial charge >= 0.3 is 5.97 Å². The Morgan fingerprint density at radius 1 is 1.25 bits per heavy atom. The molecule has 0 saturated carbocycles. The summed E-state index contributed by atoms with van der Waals surface area (Å²) in [4.78, 5) is 41.2. The molecule has 0 aliphatic heterocycles. The SMILES string of the molecule is CCCCCN(CC(=O)Nc1nccs1)C(=O)CCC(=O)OCC. The minimum absolute atomic E-state index is 0.0328. The lowest BCUT2D eigenvalue weighted by Crippen LogP contribution is -2.38. The zero-order chi connectivity index (χ0) is 17.8. The van der Waals surface area contributed by atoms with E-state index in [2.05, 4.69) is 17.2 Å². The molecule has 1 rings (SSSR count). The molecule has 0 aliphatic carbocycles. The van der Waals surface area contributed by atoms with Gasteiger partial charge in [-0.2, -0.15) is 0 Å². The highest BCUT2D eigenvalue weighted by atomic mass is 32.1. The fourth-order valence-electron chi connectivity index (χ4n) is 2.06. The number of amides is 2. The van der Waals surface area contributed by atoms with Crippen molar-refractivity contribution in [1.82, 2.24) is 9.88 Å². The molecule has 0 bridgehead atoms. The monoisotopic (exact) mass is 355 g/mol. The highest BCUT2D eigenvalue weighted by molar-refractivity contribution is 7.13. The van der Waals surface area contributed by atoms with E-state index >= 15 is 0 Å². The van der Waals surface area contributed by atoms with Gasteiger partial charge in [-0.25, -0.2) is 4.98 Å². The second-order valence-corrected chi connectivity index (χ2v) is 6.11. The Kier molecular flexibility index (Phi) is 9.67. The van der Waals surface area contributed by atoms with E-state index in [1.165, 1.54) is 16.2 Å². The Balaban J connectivity index is 2.52. The molecule has 1 N–H and O–H groups in total. The van der Waals surface area contributed by atoms with Crippen molar-refractivity contribution in [1.29, 1.82) is 0 Å². The first-order chi connectivity index (χ1) is 11.6. The van der Waals surface area contributed by atoms with Crippen molar-refractivity contribution >= 4 is 34.3 Å². The van der Waals surface area contributed by atoms with E-state index in [0.29, 0.717) is 18.3 Å². The molecule has 0 fully saturated rings. The van der Waals surface area contributed by atoms with Crippen LogP contribution in [0.4, 0.5) is 5.13 Å². The van der Waals surface area contributed by atoms with Crippen molar-refractivity contribution in [2.45, 2.75) is 46.0 Å². The highest BCUT2D eigenvalue weighted by Crippen LogP contribution is 2.11. The third kappa shape index (κ3) is 8.05. The molecule has 24 heavy (non-hydrogen) atoms. The second kappa shape index (κ2) is 11.6. The number of thiazole rings is 1. The van der Waals surface area contributed by atoms with Gasteiger partial charge in [0.2, 0.25) is 11.8 Å². The molecule has 2 amide bonds. The van der Waals surface area contributed by atoms with Crippen LogP contribution < -0.4 is 5.32 Å². The van der Waals surface area contributed by atoms with Crippen molar-refractivity contribution in [3.8, 4) is 0 Å². The van der Waals surface area contributed by atoms with Gasteiger partial charge in [0.15, 0.2) is 5.13 Å². The lowest BCUT2D eigenvalue weighted by molar-refractivity contribution is -0.145. The van der Waals surface area contributed by atoms with Crippen molar-refractivity contribution in [3.63, 3.8) is 0 Å². The van der Waals surface area contributed by atoms with Crippen molar-refractivity contribution in [2.24, 2.45) is 0 Å². The van der Waals surface area contributed by atoms with Crippen LogP contribution in [0.1, 0.15) is 46.0 Å². The highest BCUT2D eigenvalue weighted by Gasteiger charge is 2.18. The molecular formula is C16H25N3O4S. The standard InChI is InChI=1S/C16H25N3O4S/c1-3-5-6-10-19(14(21)7-8-15(22)23-4-2)12-13(20)18-16-17-9-11-24-16/h9,11H,3-8,10,12H2,1-2H3,(H,17,18,20). The Morgan fingerprint density at radius 3 is 2.67 bits per heavy atom. The number of esters is 1. The fourth-order valence-corrected chi connectivity index (χ4v) is 2.61. The summed E-state index contributed by atoms with van der Waals surface area (Å²) in [6, 6.07) is 0. The normalized spacial score (nSPS) is 10.2. The number of anilines is 1. The summed E-state index contributed by atoms with van der Waals surface area (Å²) in [5, 5.41) is 4.94. The first kappa shape index (κ1) is 20.1. The van der Waals surface area contributed by atoms with Crippen LogP contribution in [0.5, 0.6) is 0 Å². The van der Waals surface area contributed by atoms with Gasteiger partial charge in [0.1, 0.15) is 0 Å². The van der Waals surface area contributed by atoms with Crippen LogP contribution in [0.15, 0.2) is 11.6 Å². The van der Waals surface area contributed by atoms with Gasteiger partial charge in [0.25, 0.3) is 0 Å². The Morgan fingerprint density at radius 2 is 2.04 bits per heavy atom. The predicted octanol–water partition coefficient (Wildman–Crippen LogP) is 2.44. The molecule has 0 spiro atoms. The summed E-state index contributed by atoms with van der Waals surface area (Å²) in [5.74, 6) is -0.897. The van der Waals surface area contributed by atoms with Crippen LogP contribution in [0, 0.1) is 0 Å². The maximum atomic E-state index is 12.3. The lowest BCUT2D eigenvalue weighted by atomic mass is 10.2. The van der Waals surface area contributed by atoms with E-state index in [9.17, 15) is 14.4 Å². The molecule has 1 heterocycles. The fraction of sp³-hybridized carbons (Fsp3) is 0.625. The first-order valence-electron chi connectivity index (χ1n) is 8.19. The minimum Gasteiger partial charge on any atom is -0.466 e. The van der Waals surface area contributed by atoms with Gasteiger partial charge in [0, 0.05) is 24.5 Å². The van der Waals surface area contributed by atoms with Gasteiger partial charge in [0.05, 0.1) is 19.6 Å². The molecular weight excluding hydrogens is 330 g/mol. The molecule has 0 aliphatic rings. The predicted molar refractivity (Wildman–Crippen MR) is 92.7 cm³/mol. The van der Waals surface area contributed by atoms with E-state index in [0.717, 1.165) is 19.3 Å². The molecule has 0 aromatic carbocycles. The average molecular weight is 355 g/mol. The molecule has 134 valence electrons. The number of rotatable bonds is 11. The molecule has 0 radical (unpaired) electrons. The third-order valence-electron chi connectivity index (χ3n) is 3.25. The van der Waals surface area contributed by atoms with Crippen LogP contribution >= 0.6 is 11.3 Å². The summed E-state index contributed by atoms with van der Waals surface area (Å²) in [7, 11) is 0. The smallest absolute Gasteiger partial charge is 0.306 e. The minimum atomic E-state index is -0.397. The number of carbonyl (C=O) groups excluding carboxylic acids is 3. The molecule has 0 unspecified atom stereocenters. The van der Waals surface area contributed by atoms with Crippen LogP contribution in [-0.2, 0) is 19.1 Å². The first-order valence-corrected chi connectivity index (χ1v) is 9.07. The molecule has 0 atom stereocenters. The zero-order valence-electron chi connectivity index (χ0n) is 14.2. The number of nitrogens with one attached hydrogen (secondary N) is 1. The molecule has 8 heteroatoms. The van der Waals surface area contributed by atoms with Crippen LogP contribution in [-0.4, -0.2) is 47.4 Å². The second-order valence-electron chi connectivity index (χ2n) is 5.21. The largest absolute Gasteiger partial charge is 0.466 e. The molecule has 1 aromatic heterocycles. The third-order valence-corrected chi connectivity index (χ3v) is 3.93. The van der Waals surface area contributed by atoms with Crippen LogP contribution in [0.3, 0.4) is 0 Å². The van der Waals surface area contributed by atoms with Crippen LogP contribution in [0.2, 0.25) is 0 Å². The molecule has 7 nitrogen and oxygen atoms in total. The number of nitrogens with zero attached hydrogens (tertiary/aromatic N) is 2.